The average molecular weight is 288 g/mol. The van der Waals surface area contributed by atoms with E-state index in [9.17, 15) is 25.3 Å². The third-order valence-electron chi connectivity index (χ3n) is 2.50. The van der Waals surface area contributed by atoms with Crippen LogP contribution in [0.2, 0.25) is 0 Å². The van der Waals surface area contributed by atoms with Crippen LogP contribution < -0.4 is 0 Å². The number of benzene rings is 2. The van der Waals surface area contributed by atoms with Crippen molar-refractivity contribution >= 4 is 22.7 Å². The molecule has 0 spiro atoms. The molecule has 0 heterocycles. The third-order valence-corrected chi connectivity index (χ3v) is 2.50. The van der Waals surface area contributed by atoms with Gasteiger partial charge in [-0.15, -0.1) is 10.2 Å². The molecule has 1 N–H and O–H groups in total. The maximum absolute atomic E-state index is 10.8. The summed E-state index contributed by atoms with van der Waals surface area (Å²) >= 11 is 0. The van der Waals surface area contributed by atoms with Gasteiger partial charge in [0.05, 0.1) is 15.9 Å². The van der Waals surface area contributed by atoms with Crippen LogP contribution in [0.3, 0.4) is 0 Å². The third kappa shape index (κ3) is 3.15. The first-order valence-corrected chi connectivity index (χ1v) is 5.61. The van der Waals surface area contributed by atoms with Crippen LogP contribution in [-0.2, 0) is 0 Å². The summed E-state index contributed by atoms with van der Waals surface area (Å²) in [4.78, 5) is 20.3. The Morgan fingerprint density at radius 2 is 1.43 bits per heavy atom. The molecule has 0 aliphatic heterocycles. The molecule has 2 aromatic rings. The van der Waals surface area contributed by atoms with Crippen LogP contribution in [0.15, 0.2) is 52.7 Å². The van der Waals surface area contributed by atoms with E-state index in [0.717, 1.165) is 6.07 Å². The normalized spacial score (nSPS) is 10.7. The smallest absolute Gasteiger partial charge is 0.300 e. The van der Waals surface area contributed by atoms with Crippen LogP contribution >= 0.6 is 0 Å². The molecular weight excluding hydrogens is 280 g/mol. The highest BCUT2D eigenvalue weighted by Gasteiger charge is 2.16. The molecule has 0 radical (unpaired) electrons. The topological polar surface area (TPSA) is 131 Å². The van der Waals surface area contributed by atoms with Crippen LogP contribution in [0.1, 0.15) is 0 Å². The molecule has 0 aliphatic carbocycles. The van der Waals surface area contributed by atoms with Crippen molar-refractivity contribution in [3.05, 3.63) is 62.7 Å². The van der Waals surface area contributed by atoms with Crippen molar-refractivity contribution in [2.24, 2.45) is 10.2 Å². The molecule has 0 aromatic heterocycles. The molecule has 0 saturated carbocycles. The summed E-state index contributed by atoms with van der Waals surface area (Å²) in [6, 6.07) is 8.96. The number of nitro benzene ring substituents is 2. The van der Waals surface area contributed by atoms with E-state index in [1.807, 2.05) is 0 Å². The van der Waals surface area contributed by atoms with Gasteiger partial charge in [0.2, 0.25) is 0 Å². The van der Waals surface area contributed by atoms with Gasteiger partial charge in [0, 0.05) is 6.07 Å². The predicted octanol–water partition coefficient (Wildman–Crippen LogP) is 3.62. The number of phenolic OH excluding ortho intramolecular Hbond substituents is 1. The van der Waals surface area contributed by atoms with Gasteiger partial charge in [0.1, 0.15) is 5.75 Å². The van der Waals surface area contributed by atoms with E-state index in [0.29, 0.717) is 0 Å². The minimum Gasteiger partial charge on any atom is -0.508 e. The minimum atomic E-state index is -0.729. The summed E-state index contributed by atoms with van der Waals surface area (Å²) in [6.07, 6.45) is 0. The predicted molar refractivity (Wildman–Crippen MR) is 72.0 cm³/mol. The summed E-state index contributed by atoms with van der Waals surface area (Å²) in [5.74, 6) is -0.286. The van der Waals surface area contributed by atoms with E-state index >= 15 is 0 Å². The molecule has 0 amide bonds. The molecular formula is C12H8N4O5. The van der Waals surface area contributed by atoms with Crippen molar-refractivity contribution in [1.29, 1.82) is 0 Å². The second-order valence-electron chi connectivity index (χ2n) is 3.88. The van der Waals surface area contributed by atoms with E-state index in [2.05, 4.69) is 10.2 Å². The van der Waals surface area contributed by atoms with E-state index in [-0.39, 0.29) is 22.8 Å². The fourth-order valence-electron chi connectivity index (χ4n) is 1.55. The van der Waals surface area contributed by atoms with Crippen LogP contribution in [0.25, 0.3) is 0 Å². The second kappa shape index (κ2) is 5.74. The lowest BCUT2D eigenvalue weighted by Crippen LogP contribution is -1.88. The number of nitrogens with zero attached hydrogens (tertiary/aromatic N) is 4. The van der Waals surface area contributed by atoms with Crippen molar-refractivity contribution < 1.29 is 15.0 Å². The standard InChI is InChI=1S/C12H8N4O5/c17-8-5-6-10(12(7-8)16(20)21)14-13-9-3-1-2-4-11(9)15(18)19/h1-7,17H. The number of hydrogen-bond acceptors (Lipinski definition) is 7. The lowest BCUT2D eigenvalue weighted by Gasteiger charge is -1.98. The molecule has 0 atom stereocenters. The summed E-state index contributed by atoms with van der Waals surface area (Å²) in [6.45, 7) is 0. The quantitative estimate of drug-likeness (QED) is 0.521. The molecule has 21 heavy (non-hydrogen) atoms. The van der Waals surface area contributed by atoms with Gasteiger partial charge >= 0.3 is 0 Å². The molecule has 106 valence electrons. The molecule has 9 nitrogen and oxygen atoms in total. The fraction of sp³-hybridized carbons (Fsp3) is 0. The maximum Gasteiger partial charge on any atom is 0.300 e. The number of para-hydroxylation sites is 1. The Hall–Kier alpha value is -3.36. The van der Waals surface area contributed by atoms with Crippen molar-refractivity contribution in [3.63, 3.8) is 0 Å². The highest BCUT2D eigenvalue weighted by atomic mass is 16.6. The molecule has 0 bridgehead atoms. The van der Waals surface area contributed by atoms with Gasteiger partial charge < -0.3 is 5.11 Å². The molecule has 0 saturated heterocycles. The van der Waals surface area contributed by atoms with Gasteiger partial charge in [-0.25, -0.2) is 0 Å². The minimum absolute atomic E-state index is 0.0233. The zero-order chi connectivity index (χ0) is 15.4. The zero-order valence-corrected chi connectivity index (χ0v) is 10.4. The summed E-state index contributed by atoms with van der Waals surface area (Å²) < 4.78 is 0. The number of nitro groups is 2. The Morgan fingerprint density at radius 1 is 0.857 bits per heavy atom. The molecule has 2 aromatic carbocycles. The molecule has 2 rings (SSSR count). The summed E-state index contributed by atoms with van der Waals surface area (Å²) in [7, 11) is 0. The Labute approximate surface area is 117 Å². The van der Waals surface area contributed by atoms with Crippen molar-refractivity contribution in [3.8, 4) is 5.75 Å². The largest absolute Gasteiger partial charge is 0.508 e. The van der Waals surface area contributed by atoms with Gasteiger partial charge in [0.15, 0.2) is 11.4 Å². The van der Waals surface area contributed by atoms with E-state index in [1.165, 1.54) is 36.4 Å². The van der Waals surface area contributed by atoms with Crippen molar-refractivity contribution in [2.75, 3.05) is 0 Å². The SMILES string of the molecule is O=[N+]([O-])c1ccccc1N=Nc1ccc(O)cc1[N+](=O)[O-]. The van der Waals surface area contributed by atoms with E-state index in [1.54, 1.807) is 0 Å². The fourth-order valence-corrected chi connectivity index (χ4v) is 1.55. The van der Waals surface area contributed by atoms with Crippen molar-refractivity contribution in [2.45, 2.75) is 0 Å². The lowest BCUT2D eigenvalue weighted by molar-refractivity contribution is -0.384. The highest BCUT2D eigenvalue weighted by molar-refractivity contribution is 5.61. The Morgan fingerprint density at radius 3 is 2.05 bits per heavy atom. The monoisotopic (exact) mass is 288 g/mol. The second-order valence-corrected chi connectivity index (χ2v) is 3.88. The highest BCUT2D eigenvalue weighted by Crippen LogP contribution is 2.33. The van der Waals surface area contributed by atoms with Gasteiger partial charge in [-0.05, 0) is 18.2 Å². The van der Waals surface area contributed by atoms with Gasteiger partial charge in [-0.3, -0.25) is 20.2 Å². The van der Waals surface area contributed by atoms with E-state index < -0.39 is 15.5 Å². The van der Waals surface area contributed by atoms with Gasteiger partial charge in [0.25, 0.3) is 11.4 Å². The van der Waals surface area contributed by atoms with Crippen LogP contribution in [-0.4, -0.2) is 15.0 Å². The van der Waals surface area contributed by atoms with E-state index in [4.69, 9.17) is 0 Å². The molecule has 9 heteroatoms. The summed E-state index contributed by atoms with van der Waals surface area (Å²) in [5.41, 5.74) is -0.846. The molecule has 0 aliphatic rings. The summed E-state index contributed by atoms with van der Waals surface area (Å²) in [5, 5.41) is 38.2. The van der Waals surface area contributed by atoms with Gasteiger partial charge in [-0.1, -0.05) is 12.1 Å². The number of aromatic hydroxyl groups is 1. The number of azo groups is 1. The van der Waals surface area contributed by atoms with Crippen LogP contribution in [0.5, 0.6) is 5.75 Å². The Bertz CT molecular complexity index is 744. The lowest BCUT2D eigenvalue weighted by atomic mass is 10.2. The number of phenols is 1. The molecule has 0 fully saturated rings. The maximum atomic E-state index is 10.8. The molecule has 0 unspecified atom stereocenters. The number of hydrogen-bond donors (Lipinski definition) is 1. The van der Waals surface area contributed by atoms with Crippen LogP contribution in [0.4, 0.5) is 22.7 Å². The first-order valence-electron chi connectivity index (χ1n) is 5.61. The first kappa shape index (κ1) is 14.1. The first-order chi connectivity index (χ1) is 9.99. The average Bonchev–Trinajstić information content (AvgIpc) is 2.46. The number of rotatable bonds is 4. The Kier molecular flexibility index (Phi) is 3.84. The zero-order valence-electron chi connectivity index (χ0n) is 10.4. The van der Waals surface area contributed by atoms with Crippen molar-refractivity contribution in [1.82, 2.24) is 0 Å². The van der Waals surface area contributed by atoms with Gasteiger partial charge in [-0.2, -0.15) is 0 Å². The Balaban J connectivity index is 2.43. The van der Waals surface area contributed by atoms with Crippen LogP contribution in [0, 0.1) is 20.2 Å².